The molecule has 0 bridgehead atoms. The summed E-state index contributed by atoms with van der Waals surface area (Å²) in [5, 5.41) is 0.411. The highest BCUT2D eigenvalue weighted by Crippen LogP contribution is 2.24. The number of benzene rings is 2. The van der Waals surface area contributed by atoms with Gasteiger partial charge < -0.3 is 4.90 Å². The smallest absolute Gasteiger partial charge is 0.243 e. The van der Waals surface area contributed by atoms with Crippen LogP contribution in [0, 0.1) is 6.92 Å². The second-order valence-corrected chi connectivity index (χ2v) is 9.35. The van der Waals surface area contributed by atoms with Gasteiger partial charge in [-0.1, -0.05) is 41.4 Å². The second kappa shape index (κ2) is 8.10. The summed E-state index contributed by atoms with van der Waals surface area (Å²) in [5.41, 5.74) is 3.06. The largest absolute Gasteiger partial charge is 0.354 e. The normalized spacial score (nSPS) is 15.4. The third-order valence-electron chi connectivity index (χ3n) is 4.96. The fraction of sp³-hybridized carbons (Fsp3) is 0.238. The summed E-state index contributed by atoms with van der Waals surface area (Å²) in [6.07, 6.45) is 1.56. The highest BCUT2D eigenvalue weighted by Gasteiger charge is 2.29. The lowest BCUT2D eigenvalue weighted by molar-refractivity contribution is 0.384. The fourth-order valence-electron chi connectivity index (χ4n) is 3.42. The average molecular weight is 429 g/mol. The van der Waals surface area contributed by atoms with Crippen molar-refractivity contribution in [3.63, 3.8) is 0 Å². The third-order valence-corrected chi connectivity index (χ3v) is 7.09. The van der Waals surface area contributed by atoms with Crippen LogP contribution in [0.4, 0.5) is 5.82 Å². The van der Waals surface area contributed by atoms with Crippen molar-refractivity contribution in [2.45, 2.75) is 11.8 Å². The minimum Gasteiger partial charge on any atom is -0.354 e. The molecule has 1 aliphatic heterocycles. The lowest BCUT2D eigenvalue weighted by atomic mass is 10.1. The summed E-state index contributed by atoms with van der Waals surface area (Å²) in [6.45, 7) is 3.94. The number of halogens is 1. The zero-order valence-corrected chi connectivity index (χ0v) is 17.6. The molecular formula is C21H21ClN4O2S. The van der Waals surface area contributed by atoms with E-state index in [9.17, 15) is 8.42 Å². The van der Waals surface area contributed by atoms with Crippen molar-refractivity contribution in [3.05, 3.63) is 71.5 Å². The first-order valence-corrected chi connectivity index (χ1v) is 11.1. The molecule has 0 saturated carbocycles. The first-order valence-electron chi connectivity index (χ1n) is 9.33. The predicted octanol–water partition coefficient (Wildman–Crippen LogP) is 3.62. The van der Waals surface area contributed by atoms with Crippen molar-refractivity contribution in [1.82, 2.24) is 14.3 Å². The number of nitrogens with zero attached hydrogens (tertiary/aromatic N) is 4. The number of hydrogen-bond acceptors (Lipinski definition) is 5. The molecule has 1 fully saturated rings. The summed E-state index contributed by atoms with van der Waals surface area (Å²) < 4.78 is 27.3. The molecule has 0 aliphatic carbocycles. The molecule has 0 N–H and O–H groups in total. The Balaban J connectivity index is 1.50. The molecule has 150 valence electrons. The van der Waals surface area contributed by atoms with Crippen molar-refractivity contribution < 1.29 is 8.42 Å². The third kappa shape index (κ3) is 4.27. The van der Waals surface area contributed by atoms with Crippen LogP contribution in [0.25, 0.3) is 11.3 Å². The van der Waals surface area contributed by atoms with Crippen molar-refractivity contribution >= 4 is 27.4 Å². The number of hydrogen-bond donors (Lipinski definition) is 0. The average Bonchev–Trinajstić information content (AvgIpc) is 2.74. The van der Waals surface area contributed by atoms with E-state index in [0.29, 0.717) is 31.2 Å². The Kier molecular flexibility index (Phi) is 5.54. The van der Waals surface area contributed by atoms with Gasteiger partial charge in [0.1, 0.15) is 12.1 Å². The van der Waals surface area contributed by atoms with Crippen LogP contribution in [-0.4, -0.2) is 48.9 Å². The van der Waals surface area contributed by atoms with Crippen LogP contribution < -0.4 is 4.90 Å². The van der Waals surface area contributed by atoms with Crippen molar-refractivity contribution in [2.24, 2.45) is 0 Å². The Bertz CT molecular complexity index is 1130. The quantitative estimate of drug-likeness (QED) is 0.635. The van der Waals surface area contributed by atoms with Gasteiger partial charge in [0.15, 0.2) is 0 Å². The summed E-state index contributed by atoms with van der Waals surface area (Å²) in [6, 6.07) is 16.5. The summed E-state index contributed by atoms with van der Waals surface area (Å²) in [7, 11) is -3.56. The maximum atomic E-state index is 12.9. The minimum atomic E-state index is -3.56. The van der Waals surface area contributed by atoms with Crippen molar-refractivity contribution in [3.8, 4) is 11.3 Å². The lowest BCUT2D eigenvalue weighted by Gasteiger charge is -2.34. The van der Waals surface area contributed by atoms with Crippen LogP contribution in [0.3, 0.4) is 0 Å². The van der Waals surface area contributed by atoms with E-state index in [1.807, 2.05) is 31.2 Å². The van der Waals surface area contributed by atoms with Gasteiger partial charge in [0.2, 0.25) is 10.0 Å². The van der Waals surface area contributed by atoms with Gasteiger partial charge in [-0.3, -0.25) is 0 Å². The van der Waals surface area contributed by atoms with E-state index in [0.717, 1.165) is 17.1 Å². The summed E-state index contributed by atoms with van der Waals surface area (Å²) >= 11 is 5.96. The van der Waals surface area contributed by atoms with E-state index in [1.54, 1.807) is 24.5 Å². The molecule has 0 radical (unpaired) electrons. The van der Waals surface area contributed by atoms with E-state index < -0.39 is 10.0 Å². The number of aryl methyl sites for hydroxylation is 1. The lowest BCUT2D eigenvalue weighted by Crippen LogP contribution is -2.48. The topological polar surface area (TPSA) is 66.4 Å². The molecule has 2 heterocycles. The number of anilines is 1. The molecule has 0 spiro atoms. The Labute approximate surface area is 175 Å². The minimum absolute atomic E-state index is 0.224. The van der Waals surface area contributed by atoms with Gasteiger partial charge >= 0.3 is 0 Å². The fourth-order valence-corrected chi connectivity index (χ4v) is 5.14. The van der Waals surface area contributed by atoms with Gasteiger partial charge in [0.05, 0.1) is 10.6 Å². The molecule has 8 heteroatoms. The summed E-state index contributed by atoms with van der Waals surface area (Å²) in [5.74, 6) is 0.802. The molecule has 0 atom stereocenters. The molecule has 1 aromatic heterocycles. The van der Waals surface area contributed by atoms with E-state index in [2.05, 4.69) is 20.9 Å². The van der Waals surface area contributed by atoms with Crippen LogP contribution >= 0.6 is 11.6 Å². The molecule has 4 rings (SSSR count). The van der Waals surface area contributed by atoms with Crippen molar-refractivity contribution in [1.29, 1.82) is 0 Å². The van der Waals surface area contributed by atoms with Crippen LogP contribution in [0.2, 0.25) is 5.02 Å². The van der Waals surface area contributed by atoms with Crippen LogP contribution in [-0.2, 0) is 10.0 Å². The first kappa shape index (κ1) is 19.8. The van der Waals surface area contributed by atoms with Crippen LogP contribution in [0.15, 0.2) is 65.8 Å². The van der Waals surface area contributed by atoms with E-state index in [4.69, 9.17) is 11.6 Å². The van der Waals surface area contributed by atoms with Gasteiger partial charge in [-0.05, 0) is 31.2 Å². The Morgan fingerprint density at radius 2 is 1.69 bits per heavy atom. The highest BCUT2D eigenvalue weighted by atomic mass is 35.5. The molecule has 0 unspecified atom stereocenters. The number of sulfonamides is 1. The highest BCUT2D eigenvalue weighted by molar-refractivity contribution is 7.89. The summed E-state index contributed by atoms with van der Waals surface area (Å²) in [4.78, 5) is 11.1. The SMILES string of the molecule is Cc1cccc(-c2cc(N3CCN(S(=O)(=O)c4cccc(Cl)c4)CC3)ncn2)c1. The monoisotopic (exact) mass is 428 g/mol. The van der Waals surface area contributed by atoms with Gasteiger partial charge in [-0.2, -0.15) is 4.31 Å². The molecule has 1 aliphatic rings. The molecule has 6 nitrogen and oxygen atoms in total. The number of rotatable bonds is 4. The molecule has 0 amide bonds. The Morgan fingerprint density at radius 1 is 0.931 bits per heavy atom. The zero-order valence-electron chi connectivity index (χ0n) is 16.0. The predicted molar refractivity (Wildman–Crippen MR) is 115 cm³/mol. The number of aromatic nitrogens is 2. The molecular weight excluding hydrogens is 408 g/mol. The zero-order chi connectivity index (χ0) is 20.4. The maximum Gasteiger partial charge on any atom is 0.243 e. The van der Waals surface area contributed by atoms with Crippen LogP contribution in [0.1, 0.15) is 5.56 Å². The van der Waals surface area contributed by atoms with Crippen LogP contribution in [0.5, 0.6) is 0 Å². The molecule has 29 heavy (non-hydrogen) atoms. The standard InChI is InChI=1S/C21H21ClN4O2S/c1-16-4-2-5-17(12-16)20-14-21(24-15-23-20)25-8-10-26(11-9-25)29(27,28)19-7-3-6-18(22)13-19/h2-7,12-15H,8-11H2,1H3. The van der Waals surface area contributed by atoms with Gasteiger partial charge in [0, 0.05) is 42.8 Å². The van der Waals surface area contributed by atoms with E-state index in [1.165, 1.54) is 15.9 Å². The second-order valence-electron chi connectivity index (χ2n) is 6.98. The van der Waals surface area contributed by atoms with Gasteiger partial charge in [-0.15, -0.1) is 0 Å². The Hall–Kier alpha value is -2.48. The number of piperazine rings is 1. The molecule has 2 aromatic carbocycles. The molecule has 1 saturated heterocycles. The molecule has 3 aromatic rings. The van der Waals surface area contributed by atoms with Gasteiger partial charge in [-0.25, -0.2) is 18.4 Å². The Morgan fingerprint density at radius 3 is 2.41 bits per heavy atom. The first-order chi connectivity index (χ1) is 13.9. The maximum absolute atomic E-state index is 12.9. The van der Waals surface area contributed by atoms with Crippen molar-refractivity contribution in [2.75, 3.05) is 31.1 Å². The van der Waals surface area contributed by atoms with E-state index >= 15 is 0 Å². The van der Waals surface area contributed by atoms with Gasteiger partial charge in [0.25, 0.3) is 0 Å². The van der Waals surface area contributed by atoms with E-state index in [-0.39, 0.29) is 4.90 Å².